The van der Waals surface area contributed by atoms with E-state index in [0.29, 0.717) is 25.8 Å². The third-order valence-corrected chi connectivity index (χ3v) is 7.64. The highest BCUT2D eigenvalue weighted by atomic mass is 16.6. The van der Waals surface area contributed by atoms with Crippen LogP contribution in [0.4, 0.5) is 5.69 Å². The van der Waals surface area contributed by atoms with Gasteiger partial charge >= 0.3 is 5.97 Å². The van der Waals surface area contributed by atoms with Gasteiger partial charge in [-0.2, -0.15) is 0 Å². The first-order valence-corrected chi connectivity index (χ1v) is 12.5. The summed E-state index contributed by atoms with van der Waals surface area (Å²) in [5, 5.41) is 12.1. The summed E-state index contributed by atoms with van der Waals surface area (Å²) in [4.78, 5) is 42.0. The van der Waals surface area contributed by atoms with Crippen molar-refractivity contribution in [2.24, 2.45) is 11.8 Å². The van der Waals surface area contributed by atoms with Crippen molar-refractivity contribution in [3.05, 3.63) is 29.3 Å². The number of unbranched alkanes of at least 4 members (excludes halogenated alkanes) is 3. The number of carbonyl (C=O) groups excluding carboxylic acids is 3. The largest absolute Gasteiger partial charge is 0.466 e. The average Bonchev–Trinajstić information content (AvgIpc) is 3.44. The molecule has 34 heavy (non-hydrogen) atoms. The van der Waals surface area contributed by atoms with Crippen molar-refractivity contribution >= 4 is 23.5 Å². The van der Waals surface area contributed by atoms with Gasteiger partial charge in [0, 0.05) is 18.8 Å². The predicted molar refractivity (Wildman–Crippen MR) is 126 cm³/mol. The van der Waals surface area contributed by atoms with Crippen LogP contribution in [0, 0.1) is 25.7 Å². The summed E-state index contributed by atoms with van der Waals surface area (Å²) in [6, 6.07) is 5.03. The second kappa shape index (κ2) is 10.0. The highest BCUT2D eigenvalue weighted by Crippen LogP contribution is 2.58. The maximum atomic E-state index is 13.8. The van der Waals surface area contributed by atoms with Crippen molar-refractivity contribution in [3.8, 4) is 0 Å². The Morgan fingerprint density at radius 2 is 1.91 bits per heavy atom. The van der Waals surface area contributed by atoms with Crippen LogP contribution in [0.1, 0.15) is 56.6 Å². The number of ether oxygens (including phenoxy) is 2. The number of esters is 1. The zero-order valence-corrected chi connectivity index (χ0v) is 20.3. The summed E-state index contributed by atoms with van der Waals surface area (Å²) in [5.41, 5.74) is 1.63. The number of hydrogen-bond donors (Lipinski definition) is 2. The van der Waals surface area contributed by atoms with E-state index in [1.165, 1.54) is 0 Å². The first-order chi connectivity index (χ1) is 16.4. The molecule has 3 fully saturated rings. The number of benzene rings is 1. The molecule has 1 aromatic carbocycles. The Labute approximate surface area is 201 Å². The van der Waals surface area contributed by atoms with Crippen LogP contribution in [0.2, 0.25) is 0 Å². The SMILES string of the molecule is CCOC(=O)[C@@H]1[C@@H]2CC[C@]3(O2)[C@H](C(=O)Nc2c(C)cccc2C)N(CCCCCCO)C(=O)[C@@H]13. The molecule has 5 atom stereocenters. The number of nitrogens with zero attached hydrogens (tertiary/aromatic N) is 1. The number of amides is 2. The average molecular weight is 473 g/mol. The number of nitrogens with one attached hydrogen (secondary N) is 1. The van der Waals surface area contributed by atoms with Crippen molar-refractivity contribution in [1.29, 1.82) is 0 Å². The fraction of sp³-hybridized carbons (Fsp3) is 0.654. The van der Waals surface area contributed by atoms with E-state index >= 15 is 0 Å². The summed E-state index contributed by atoms with van der Waals surface area (Å²) >= 11 is 0. The van der Waals surface area contributed by atoms with Crippen molar-refractivity contribution in [3.63, 3.8) is 0 Å². The third-order valence-electron chi connectivity index (χ3n) is 7.64. The molecule has 1 aromatic rings. The second-order valence-corrected chi connectivity index (χ2v) is 9.73. The molecule has 2 amide bonds. The van der Waals surface area contributed by atoms with Crippen LogP contribution in [0.25, 0.3) is 0 Å². The smallest absolute Gasteiger partial charge is 0.312 e. The number of aryl methyl sites for hydroxylation is 2. The number of para-hydroxylation sites is 1. The van der Waals surface area contributed by atoms with Crippen LogP contribution < -0.4 is 5.32 Å². The van der Waals surface area contributed by atoms with Crippen molar-refractivity contribution < 1.29 is 29.0 Å². The lowest BCUT2D eigenvalue weighted by atomic mass is 9.70. The Morgan fingerprint density at radius 3 is 2.59 bits per heavy atom. The van der Waals surface area contributed by atoms with Gasteiger partial charge in [-0.25, -0.2) is 0 Å². The summed E-state index contributed by atoms with van der Waals surface area (Å²) in [6.45, 7) is 6.43. The molecule has 3 aliphatic rings. The van der Waals surface area contributed by atoms with Crippen LogP contribution >= 0.6 is 0 Å². The van der Waals surface area contributed by atoms with Gasteiger partial charge in [0.05, 0.1) is 24.5 Å². The fourth-order valence-electron chi connectivity index (χ4n) is 6.15. The second-order valence-electron chi connectivity index (χ2n) is 9.73. The molecule has 0 aliphatic carbocycles. The normalized spacial score (nSPS) is 29.4. The number of rotatable bonds is 10. The monoisotopic (exact) mass is 472 g/mol. The molecule has 0 radical (unpaired) electrons. The lowest BCUT2D eigenvalue weighted by Gasteiger charge is -2.33. The lowest BCUT2D eigenvalue weighted by molar-refractivity contribution is -0.154. The van der Waals surface area contributed by atoms with E-state index in [4.69, 9.17) is 14.6 Å². The number of hydrogen-bond acceptors (Lipinski definition) is 6. The minimum atomic E-state index is -1.01. The molecule has 0 aromatic heterocycles. The van der Waals surface area contributed by atoms with Crippen molar-refractivity contribution in [1.82, 2.24) is 4.90 Å². The lowest BCUT2D eigenvalue weighted by Crippen LogP contribution is -2.53. The number of anilines is 1. The van der Waals surface area contributed by atoms with Gasteiger partial charge in [-0.15, -0.1) is 0 Å². The molecule has 0 saturated carbocycles. The maximum Gasteiger partial charge on any atom is 0.312 e. The van der Waals surface area contributed by atoms with Gasteiger partial charge in [-0.3, -0.25) is 14.4 Å². The van der Waals surface area contributed by atoms with Crippen LogP contribution in [0.5, 0.6) is 0 Å². The molecule has 0 unspecified atom stereocenters. The number of fused-ring (bicyclic) bond motifs is 1. The molecule has 2 N–H and O–H groups in total. The zero-order valence-electron chi connectivity index (χ0n) is 20.3. The zero-order chi connectivity index (χ0) is 24.5. The molecule has 8 nitrogen and oxygen atoms in total. The molecule has 2 bridgehead atoms. The van der Waals surface area contributed by atoms with E-state index < -0.39 is 35.6 Å². The minimum absolute atomic E-state index is 0.144. The molecular formula is C26H36N2O6. The van der Waals surface area contributed by atoms with Gasteiger partial charge in [-0.1, -0.05) is 31.0 Å². The summed E-state index contributed by atoms with van der Waals surface area (Å²) < 4.78 is 11.7. The van der Waals surface area contributed by atoms with E-state index in [0.717, 1.165) is 36.1 Å². The van der Waals surface area contributed by atoms with Crippen LogP contribution in [-0.4, -0.2) is 65.3 Å². The highest BCUT2D eigenvalue weighted by Gasteiger charge is 2.74. The Balaban J connectivity index is 1.64. The molecule has 186 valence electrons. The topological polar surface area (TPSA) is 105 Å². The van der Waals surface area contributed by atoms with E-state index in [9.17, 15) is 14.4 Å². The van der Waals surface area contributed by atoms with Gasteiger partial charge in [0.15, 0.2) is 0 Å². The maximum absolute atomic E-state index is 13.8. The van der Waals surface area contributed by atoms with Gasteiger partial charge < -0.3 is 24.8 Å². The van der Waals surface area contributed by atoms with Gasteiger partial charge in [0.2, 0.25) is 11.8 Å². The molecule has 3 heterocycles. The quantitative estimate of drug-likeness (QED) is 0.401. The van der Waals surface area contributed by atoms with E-state index in [1.54, 1.807) is 11.8 Å². The van der Waals surface area contributed by atoms with Crippen molar-refractivity contribution in [2.45, 2.75) is 77.0 Å². The summed E-state index contributed by atoms with van der Waals surface area (Å²) in [5.74, 6) is -2.24. The van der Waals surface area contributed by atoms with Gasteiger partial charge in [-0.05, 0) is 57.6 Å². The number of likely N-dealkylation sites (tertiary alicyclic amines) is 1. The Kier molecular flexibility index (Phi) is 7.28. The standard InChI is InChI=1S/C26H36N2O6/c1-4-33-25(32)19-18-12-13-26(34-18)20(19)24(31)28(14-7-5-6-8-15-29)22(26)23(30)27-21-16(2)10-9-11-17(21)3/h9-11,18-20,22,29H,4-8,12-15H2,1-3H3,(H,27,30)/t18-,19+,20+,22-,26+/m0/s1. The highest BCUT2D eigenvalue weighted by molar-refractivity contribution is 6.03. The molecular weight excluding hydrogens is 436 g/mol. The molecule has 4 rings (SSSR count). The van der Waals surface area contributed by atoms with Gasteiger partial charge in [0.25, 0.3) is 0 Å². The van der Waals surface area contributed by atoms with Gasteiger partial charge in [0.1, 0.15) is 11.6 Å². The van der Waals surface area contributed by atoms with Crippen molar-refractivity contribution in [2.75, 3.05) is 25.1 Å². The van der Waals surface area contributed by atoms with Crippen LogP contribution in [0.3, 0.4) is 0 Å². The van der Waals surface area contributed by atoms with Crippen LogP contribution in [-0.2, 0) is 23.9 Å². The summed E-state index contributed by atoms with van der Waals surface area (Å²) in [7, 11) is 0. The Morgan fingerprint density at radius 1 is 1.21 bits per heavy atom. The fourth-order valence-corrected chi connectivity index (χ4v) is 6.15. The first kappa shape index (κ1) is 24.7. The Hall–Kier alpha value is -2.45. The summed E-state index contributed by atoms with van der Waals surface area (Å²) in [6.07, 6.45) is 3.94. The van der Waals surface area contributed by atoms with Crippen LogP contribution in [0.15, 0.2) is 18.2 Å². The van der Waals surface area contributed by atoms with E-state index in [2.05, 4.69) is 5.32 Å². The number of carbonyl (C=O) groups is 3. The Bertz CT molecular complexity index is 929. The molecule has 8 heteroatoms. The number of aliphatic hydroxyl groups excluding tert-OH is 1. The molecule has 1 spiro atoms. The van der Waals surface area contributed by atoms with E-state index in [-0.39, 0.29) is 25.0 Å². The van der Waals surface area contributed by atoms with E-state index in [1.807, 2.05) is 32.0 Å². The molecule has 3 saturated heterocycles. The first-order valence-electron chi connectivity index (χ1n) is 12.5. The number of aliphatic hydroxyl groups is 1. The minimum Gasteiger partial charge on any atom is -0.466 e. The predicted octanol–water partition coefficient (Wildman–Crippen LogP) is 2.73. The molecule has 3 aliphatic heterocycles. The third kappa shape index (κ3) is 4.11.